The van der Waals surface area contributed by atoms with Gasteiger partial charge in [-0.15, -0.1) is 0 Å². The summed E-state index contributed by atoms with van der Waals surface area (Å²) in [7, 11) is 6.13. The maximum absolute atomic E-state index is 12.4. The predicted molar refractivity (Wildman–Crippen MR) is 103 cm³/mol. The van der Waals surface area contributed by atoms with Crippen molar-refractivity contribution in [3.63, 3.8) is 0 Å². The van der Waals surface area contributed by atoms with Crippen molar-refractivity contribution in [3.05, 3.63) is 70.8 Å². The molecule has 0 N–H and O–H groups in total. The van der Waals surface area contributed by atoms with Gasteiger partial charge >= 0.3 is 0 Å². The fourth-order valence-corrected chi connectivity index (χ4v) is 2.45. The molecule has 0 spiro atoms. The number of likely N-dealkylation sites (N-methyl/N-ethyl adjacent to an activating group) is 2. The van der Waals surface area contributed by atoms with Crippen LogP contribution < -0.4 is 4.90 Å². The molecule has 0 aliphatic carbocycles. The van der Waals surface area contributed by atoms with Crippen molar-refractivity contribution in [2.45, 2.75) is 0 Å². The number of allylic oxidation sites excluding steroid dienone is 1. The van der Waals surface area contributed by atoms with Crippen LogP contribution >= 0.6 is 11.6 Å². The Labute approximate surface area is 149 Å². The summed E-state index contributed by atoms with van der Waals surface area (Å²) in [4.78, 5) is 16.7. The molecule has 0 aromatic heterocycles. The first-order valence-corrected chi connectivity index (χ1v) is 8.28. The number of anilines is 1. The van der Waals surface area contributed by atoms with Crippen LogP contribution in [0, 0.1) is 0 Å². The van der Waals surface area contributed by atoms with Crippen LogP contribution in [0.25, 0.3) is 6.08 Å². The van der Waals surface area contributed by atoms with Gasteiger partial charge in [0, 0.05) is 36.4 Å². The van der Waals surface area contributed by atoms with E-state index in [0.717, 1.165) is 24.3 Å². The number of carbonyl (C=O) groups is 1. The molecule has 0 bridgehead atoms. The fraction of sp³-hybridized carbons (Fsp3) is 0.250. The van der Waals surface area contributed by atoms with Gasteiger partial charge in [0.1, 0.15) is 0 Å². The Kier molecular flexibility index (Phi) is 6.59. The van der Waals surface area contributed by atoms with E-state index in [9.17, 15) is 4.79 Å². The molecule has 0 unspecified atom stereocenters. The maximum atomic E-state index is 12.4. The topological polar surface area (TPSA) is 23.6 Å². The molecule has 2 rings (SSSR count). The number of hydrogen-bond acceptors (Lipinski definition) is 3. The zero-order valence-corrected chi connectivity index (χ0v) is 15.1. The van der Waals surface area contributed by atoms with E-state index in [-0.39, 0.29) is 5.78 Å². The van der Waals surface area contributed by atoms with Gasteiger partial charge in [0.15, 0.2) is 5.78 Å². The third-order valence-electron chi connectivity index (χ3n) is 3.77. The van der Waals surface area contributed by atoms with E-state index in [4.69, 9.17) is 11.6 Å². The summed E-state index contributed by atoms with van der Waals surface area (Å²) in [5.41, 5.74) is 2.55. The van der Waals surface area contributed by atoms with Crippen LogP contribution in [0.5, 0.6) is 0 Å². The lowest BCUT2D eigenvalue weighted by molar-refractivity contribution is 0.104. The molecular weight excluding hydrogens is 320 g/mol. The van der Waals surface area contributed by atoms with E-state index >= 15 is 0 Å². The van der Waals surface area contributed by atoms with Crippen molar-refractivity contribution < 1.29 is 4.79 Å². The Morgan fingerprint density at radius 3 is 2.50 bits per heavy atom. The van der Waals surface area contributed by atoms with Gasteiger partial charge in [-0.05, 0) is 50.0 Å². The molecule has 0 saturated heterocycles. The standard InChI is InChI=1S/C20H23ClN2O/c1-22(2)13-14-23(3)18-9-6-8-17(15-18)20(24)12-11-16-7-4-5-10-19(16)21/h4-12,15H,13-14H2,1-3H3. The highest BCUT2D eigenvalue weighted by Gasteiger charge is 2.06. The molecule has 24 heavy (non-hydrogen) atoms. The highest BCUT2D eigenvalue weighted by molar-refractivity contribution is 6.32. The molecule has 0 fully saturated rings. The second-order valence-electron chi connectivity index (χ2n) is 5.99. The normalized spacial score (nSPS) is 11.2. The highest BCUT2D eigenvalue weighted by atomic mass is 35.5. The summed E-state index contributed by atoms with van der Waals surface area (Å²) >= 11 is 6.11. The van der Waals surface area contributed by atoms with E-state index in [0.29, 0.717) is 10.6 Å². The number of halogens is 1. The Balaban J connectivity index is 2.10. The second-order valence-corrected chi connectivity index (χ2v) is 6.40. The van der Waals surface area contributed by atoms with Crippen molar-refractivity contribution in [1.29, 1.82) is 0 Å². The minimum Gasteiger partial charge on any atom is -0.373 e. The minimum absolute atomic E-state index is 0.0298. The highest BCUT2D eigenvalue weighted by Crippen LogP contribution is 2.18. The average Bonchev–Trinajstić information content (AvgIpc) is 2.58. The van der Waals surface area contributed by atoms with Crippen LogP contribution in [0.3, 0.4) is 0 Å². The van der Waals surface area contributed by atoms with Gasteiger partial charge in [-0.1, -0.05) is 41.9 Å². The van der Waals surface area contributed by atoms with Gasteiger partial charge in [-0.25, -0.2) is 0 Å². The summed E-state index contributed by atoms with van der Waals surface area (Å²) < 4.78 is 0. The number of hydrogen-bond donors (Lipinski definition) is 0. The van der Waals surface area contributed by atoms with Crippen molar-refractivity contribution in [2.24, 2.45) is 0 Å². The third-order valence-corrected chi connectivity index (χ3v) is 4.12. The Hall–Kier alpha value is -2.10. The smallest absolute Gasteiger partial charge is 0.185 e. The van der Waals surface area contributed by atoms with Crippen molar-refractivity contribution >= 4 is 29.1 Å². The number of nitrogens with zero attached hydrogens (tertiary/aromatic N) is 2. The zero-order chi connectivity index (χ0) is 17.5. The van der Waals surface area contributed by atoms with Gasteiger partial charge in [0.05, 0.1) is 0 Å². The first-order valence-electron chi connectivity index (χ1n) is 7.90. The number of carbonyl (C=O) groups excluding carboxylic acids is 1. The summed E-state index contributed by atoms with van der Waals surface area (Å²) in [5.74, 6) is -0.0298. The number of ketones is 1. The van der Waals surface area contributed by atoms with Crippen molar-refractivity contribution in [2.75, 3.05) is 39.1 Å². The Morgan fingerprint density at radius 1 is 1.04 bits per heavy atom. The molecule has 0 aliphatic heterocycles. The molecule has 0 saturated carbocycles. The largest absolute Gasteiger partial charge is 0.373 e. The average molecular weight is 343 g/mol. The van der Waals surface area contributed by atoms with E-state index in [1.165, 1.54) is 0 Å². The van der Waals surface area contributed by atoms with Crippen molar-refractivity contribution in [3.8, 4) is 0 Å². The lowest BCUT2D eigenvalue weighted by atomic mass is 10.1. The molecule has 0 aliphatic rings. The quantitative estimate of drug-likeness (QED) is 0.555. The van der Waals surface area contributed by atoms with E-state index in [1.54, 1.807) is 12.2 Å². The zero-order valence-electron chi connectivity index (χ0n) is 14.4. The number of benzene rings is 2. The Bertz CT molecular complexity index is 725. The molecule has 4 heteroatoms. The van der Waals surface area contributed by atoms with Crippen LogP contribution in [0.15, 0.2) is 54.6 Å². The molecule has 2 aromatic carbocycles. The first kappa shape index (κ1) is 18.2. The molecule has 0 radical (unpaired) electrons. The summed E-state index contributed by atoms with van der Waals surface area (Å²) in [6.07, 6.45) is 3.33. The summed E-state index contributed by atoms with van der Waals surface area (Å²) in [6, 6.07) is 15.2. The van der Waals surface area contributed by atoms with E-state index in [2.05, 4.69) is 9.80 Å². The van der Waals surface area contributed by atoms with Gasteiger partial charge < -0.3 is 9.80 Å². The van der Waals surface area contributed by atoms with E-state index < -0.39 is 0 Å². The minimum atomic E-state index is -0.0298. The van der Waals surface area contributed by atoms with Crippen LogP contribution in [0.2, 0.25) is 5.02 Å². The molecule has 0 heterocycles. The monoisotopic (exact) mass is 342 g/mol. The lowest BCUT2D eigenvalue weighted by Crippen LogP contribution is -2.28. The third kappa shape index (κ3) is 5.22. The molecule has 126 valence electrons. The van der Waals surface area contributed by atoms with Gasteiger partial charge in [-0.3, -0.25) is 4.79 Å². The van der Waals surface area contributed by atoms with Crippen molar-refractivity contribution in [1.82, 2.24) is 4.90 Å². The molecule has 3 nitrogen and oxygen atoms in total. The van der Waals surface area contributed by atoms with Gasteiger partial charge in [0.25, 0.3) is 0 Å². The molecular formula is C20H23ClN2O. The fourth-order valence-electron chi connectivity index (χ4n) is 2.25. The number of rotatable bonds is 7. The van der Waals surface area contributed by atoms with Gasteiger partial charge in [0.2, 0.25) is 0 Å². The van der Waals surface area contributed by atoms with E-state index in [1.807, 2.05) is 69.7 Å². The van der Waals surface area contributed by atoms with Crippen LogP contribution in [0.1, 0.15) is 15.9 Å². The van der Waals surface area contributed by atoms with Crippen LogP contribution in [-0.4, -0.2) is 44.9 Å². The maximum Gasteiger partial charge on any atom is 0.185 e. The molecule has 2 aromatic rings. The molecule has 0 amide bonds. The second kappa shape index (κ2) is 8.67. The first-order chi connectivity index (χ1) is 11.5. The van der Waals surface area contributed by atoms with Gasteiger partial charge in [-0.2, -0.15) is 0 Å². The summed E-state index contributed by atoms with van der Waals surface area (Å²) in [5, 5.41) is 0.638. The molecule has 0 atom stereocenters. The lowest BCUT2D eigenvalue weighted by Gasteiger charge is -2.21. The Morgan fingerprint density at radius 2 is 1.79 bits per heavy atom. The van der Waals surface area contributed by atoms with Crippen LogP contribution in [0.4, 0.5) is 5.69 Å². The predicted octanol–water partition coefficient (Wildman–Crippen LogP) is 4.23. The summed E-state index contributed by atoms with van der Waals surface area (Å²) in [6.45, 7) is 1.86. The van der Waals surface area contributed by atoms with Crippen LogP contribution in [-0.2, 0) is 0 Å². The SMILES string of the molecule is CN(C)CCN(C)c1cccc(C(=O)C=Cc2ccccc2Cl)c1.